The number of fused-ring (bicyclic) bond motifs is 1. The van der Waals surface area contributed by atoms with Crippen molar-refractivity contribution in [1.29, 1.82) is 0 Å². The lowest BCUT2D eigenvalue weighted by atomic mass is 10.1. The average molecular weight is 291 g/mol. The zero-order valence-corrected chi connectivity index (χ0v) is 12.4. The molecular formula is C17H17N5. The Morgan fingerprint density at radius 1 is 1.14 bits per heavy atom. The summed E-state index contributed by atoms with van der Waals surface area (Å²) in [6.45, 7) is 0. The number of imidazole rings is 1. The van der Waals surface area contributed by atoms with Crippen molar-refractivity contribution in [3.8, 4) is 11.5 Å². The van der Waals surface area contributed by atoms with E-state index in [0.29, 0.717) is 6.04 Å². The summed E-state index contributed by atoms with van der Waals surface area (Å²) in [5.41, 5.74) is 3.58. The van der Waals surface area contributed by atoms with Crippen LogP contribution in [0.25, 0.3) is 11.5 Å². The Kier molecular flexibility index (Phi) is 3.11. The van der Waals surface area contributed by atoms with E-state index in [2.05, 4.69) is 44.8 Å². The Bertz CT molecular complexity index is 791. The summed E-state index contributed by atoms with van der Waals surface area (Å²) < 4.78 is 1.93. The molecule has 3 aromatic rings. The molecule has 2 aromatic heterocycles. The molecule has 0 unspecified atom stereocenters. The van der Waals surface area contributed by atoms with Gasteiger partial charge < -0.3 is 9.88 Å². The van der Waals surface area contributed by atoms with E-state index in [9.17, 15) is 0 Å². The Labute approximate surface area is 129 Å². The fourth-order valence-electron chi connectivity index (χ4n) is 3.03. The lowest BCUT2D eigenvalue weighted by Crippen LogP contribution is -2.09. The first-order valence-corrected chi connectivity index (χ1v) is 7.47. The van der Waals surface area contributed by atoms with Crippen LogP contribution in [0.3, 0.4) is 0 Å². The van der Waals surface area contributed by atoms with E-state index in [1.54, 1.807) is 6.20 Å². The van der Waals surface area contributed by atoms with Gasteiger partial charge in [-0.15, -0.1) is 10.2 Å². The molecule has 5 heteroatoms. The van der Waals surface area contributed by atoms with Crippen molar-refractivity contribution in [1.82, 2.24) is 19.7 Å². The molecule has 0 saturated heterocycles. The minimum absolute atomic E-state index is 0.324. The summed E-state index contributed by atoms with van der Waals surface area (Å²) in [7, 11) is 1.95. The number of aryl methyl sites for hydroxylation is 2. The second kappa shape index (κ2) is 5.26. The standard InChI is InChI=1S/C17H17N5/c1-22-11-10-18-17(22)15-8-9-16(21-20-15)19-14-7-6-12-4-2-3-5-13(12)14/h2-5,8-11,14H,6-7H2,1H3,(H,19,21)/t14-/m1/s1. The monoisotopic (exact) mass is 291 g/mol. The van der Waals surface area contributed by atoms with Crippen LogP contribution in [0.5, 0.6) is 0 Å². The third kappa shape index (κ3) is 2.24. The molecule has 0 aliphatic heterocycles. The zero-order valence-electron chi connectivity index (χ0n) is 12.4. The molecule has 1 aliphatic carbocycles. The maximum absolute atomic E-state index is 4.30. The number of hydrogen-bond acceptors (Lipinski definition) is 4. The van der Waals surface area contributed by atoms with Gasteiger partial charge in [-0.25, -0.2) is 4.98 Å². The number of benzene rings is 1. The predicted molar refractivity (Wildman–Crippen MR) is 85.4 cm³/mol. The summed E-state index contributed by atoms with van der Waals surface area (Å²) >= 11 is 0. The highest BCUT2D eigenvalue weighted by molar-refractivity contribution is 5.52. The van der Waals surface area contributed by atoms with Gasteiger partial charge in [0, 0.05) is 19.4 Å². The molecule has 1 N–H and O–H groups in total. The van der Waals surface area contributed by atoms with Crippen molar-refractivity contribution in [2.24, 2.45) is 7.05 Å². The molecule has 5 nitrogen and oxygen atoms in total. The van der Waals surface area contributed by atoms with Gasteiger partial charge in [0.25, 0.3) is 0 Å². The van der Waals surface area contributed by atoms with E-state index in [-0.39, 0.29) is 0 Å². The minimum Gasteiger partial charge on any atom is -0.362 e. The second-order valence-electron chi connectivity index (χ2n) is 5.60. The van der Waals surface area contributed by atoms with Crippen molar-refractivity contribution in [3.05, 3.63) is 59.9 Å². The third-order valence-corrected chi connectivity index (χ3v) is 4.17. The van der Waals surface area contributed by atoms with Gasteiger partial charge in [-0.05, 0) is 36.1 Å². The van der Waals surface area contributed by atoms with Crippen LogP contribution in [-0.4, -0.2) is 19.7 Å². The first-order chi connectivity index (χ1) is 10.8. The van der Waals surface area contributed by atoms with Gasteiger partial charge in [-0.2, -0.15) is 0 Å². The molecule has 2 heterocycles. The molecule has 1 atom stereocenters. The van der Waals surface area contributed by atoms with E-state index < -0.39 is 0 Å². The van der Waals surface area contributed by atoms with Crippen LogP contribution in [0.15, 0.2) is 48.8 Å². The summed E-state index contributed by atoms with van der Waals surface area (Å²) in [5, 5.41) is 12.1. The molecule has 0 spiro atoms. The molecule has 0 bridgehead atoms. The minimum atomic E-state index is 0.324. The fourth-order valence-corrected chi connectivity index (χ4v) is 3.03. The van der Waals surface area contributed by atoms with E-state index in [1.165, 1.54) is 11.1 Å². The van der Waals surface area contributed by atoms with Gasteiger partial charge in [-0.1, -0.05) is 24.3 Å². The Morgan fingerprint density at radius 3 is 2.82 bits per heavy atom. The maximum Gasteiger partial charge on any atom is 0.160 e. The average Bonchev–Trinajstić information content (AvgIpc) is 3.15. The fraction of sp³-hybridized carbons (Fsp3) is 0.235. The number of hydrogen-bond donors (Lipinski definition) is 1. The number of nitrogens with one attached hydrogen (secondary N) is 1. The highest BCUT2D eigenvalue weighted by atomic mass is 15.2. The number of nitrogens with zero attached hydrogens (tertiary/aromatic N) is 4. The highest BCUT2D eigenvalue weighted by Crippen LogP contribution is 2.33. The van der Waals surface area contributed by atoms with Crippen molar-refractivity contribution >= 4 is 5.82 Å². The van der Waals surface area contributed by atoms with Gasteiger partial charge in [0.15, 0.2) is 5.82 Å². The van der Waals surface area contributed by atoms with Gasteiger partial charge >= 0.3 is 0 Å². The summed E-state index contributed by atoms with van der Waals surface area (Å²) in [6, 6.07) is 12.8. The molecule has 0 amide bonds. The van der Waals surface area contributed by atoms with E-state index in [0.717, 1.165) is 30.2 Å². The van der Waals surface area contributed by atoms with Crippen molar-refractivity contribution in [3.63, 3.8) is 0 Å². The topological polar surface area (TPSA) is 55.6 Å². The number of anilines is 1. The van der Waals surface area contributed by atoms with Crippen LogP contribution >= 0.6 is 0 Å². The molecule has 1 aliphatic rings. The van der Waals surface area contributed by atoms with E-state index in [1.807, 2.05) is 29.9 Å². The normalized spacial score (nSPS) is 16.5. The smallest absolute Gasteiger partial charge is 0.160 e. The van der Waals surface area contributed by atoms with Gasteiger partial charge in [-0.3, -0.25) is 0 Å². The summed E-state index contributed by atoms with van der Waals surface area (Å²) in [6.07, 6.45) is 5.88. The SMILES string of the molecule is Cn1ccnc1-c1ccc(N[C@@H]2CCc3ccccc32)nn1. The van der Waals surface area contributed by atoms with Crippen LogP contribution in [0, 0.1) is 0 Å². The van der Waals surface area contributed by atoms with Gasteiger partial charge in [0.1, 0.15) is 11.5 Å². The van der Waals surface area contributed by atoms with Crippen LogP contribution in [0.1, 0.15) is 23.6 Å². The molecule has 0 radical (unpaired) electrons. The van der Waals surface area contributed by atoms with Crippen LogP contribution in [-0.2, 0) is 13.5 Å². The Morgan fingerprint density at radius 2 is 2.05 bits per heavy atom. The van der Waals surface area contributed by atoms with Crippen LogP contribution in [0.4, 0.5) is 5.82 Å². The number of rotatable bonds is 3. The van der Waals surface area contributed by atoms with Crippen molar-refractivity contribution in [2.75, 3.05) is 5.32 Å². The first kappa shape index (κ1) is 13.0. The molecule has 4 rings (SSSR count). The molecule has 1 aromatic carbocycles. The molecular weight excluding hydrogens is 274 g/mol. The molecule has 0 fully saturated rings. The molecule has 22 heavy (non-hydrogen) atoms. The molecule has 110 valence electrons. The second-order valence-corrected chi connectivity index (χ2v) is 5.60. The molecule has 0 saturated carbocycles. The summed E-state index contributed by atoms with van der Waals surface area (Å²) in [5.74, 6) is 1.63. The summed E-state index contributed by atoms with van der Waals surface area (Å²) in [4.78, 5) is 4.29. The van der Waals surface area contributed by atoms with E-state index >= 15 is 0 Å². The quantitative estimate of drug-likeness (QED) is 0.806. The highest BCUT2D eigenvalue weighted by Gasteiger charge is 2.22. The third-order valence-electron chi connectivity index (χ3n) is 4.17. The van der Waals surface area contributed by atoms with Crippen LogP contribution in [0.2, 0.25) is 0 Å². The van der Waals surface area contributed by atoms with Gasteiger partial charge in [0.2, 0.25) is 0 Å². The van der Waals surface area contributed by atoms with Crippen LogP contribution < -0.4 is 5.32 Å². The largest absolute Gasteiger partial charge is 0.362 e. The lowest BCUT2D eigenvalue weighted by Gasteiger charge is -2.14. The zero-order chi connectivity index (χ0) is 14.9. The van der Waals surface area contributed by atoms with Gasteiger partial charge in [0.05, 0.1) is 6.04 Å². The maximum atomic E-state index is 4.30. The first-order valence-electron chi connectivity index (χ1n) is 7.47. The number of aromatic nitrogens is 4. The Hall–Kier alpha value is -2.69. The van der Waals surface area contributed by atoms with Crippen molar-refractivity contribution in [2.45, 2.75) is 18.9 Å². The lowest BCUT2D eigenvalue weighted by molar-refractivity contribution is 0.753. The Balaban J connectivity index is 1.54. The van der Waals surface area contributed by atoms with Crippen molar-refractivity contribution < 1.29 is 0 Å². The predicted octanol–water partition coefficient (Wildman–Crippen LogP) is 2.98. The van der Waals surface area contributed by atoms with E-state index in [4.69, 9.17) is 0 Å².